The summed E-state index contributed by atoms with van der Waals surface area (Å²) in [7, 11) is -3.75. The van der Waals surface area contributed by atoms with Crippen LogP contribution in [0.15, 0.2) is 0 Å². The van der Waals surface area contributed by atoms with Gasteiger partial charge in [-0.05, 0) is 6.42 Å². The van der Waals surface area contributed by atoms with Crippen LogP contribution in [0.25, 0.3) is 0 Å². The van der Waals surface area contributed by atoms with Crippen molar-refractivity contribution in [2.75, 3.05) is 5.75 Å². The van der Waals surface area contributed by atoms with Gasteiger partial charge in [-0.3, -0.25) is 4.55 Å². The van der Waals surface area contributed by atoms with Crippen molar-refractivity contribution in [1.29, 1.82) is 0 Å². The van der Waals surface area contributed by atoms with Crippen LogP contribution in [0.2, 0.25) is 0 Å². The Morgan fingerprint density at radius 1 is 0.560 bits per heavy atom. The van der Waals surface area contributed by atoms with Gasteiger partial charge < -0.3 is 1.43 Å². The molecule has 0 spiro atoms. The average molecular weight is 403 g/mol. The Hall–Kier alpha value is 1.55. The first-order chi connectivity index (χ1) is 11.6. The maximum absolute atomic E-state index is 10.6. The third-order valence-corrected chi connectivity index (χ3v) is 5.56. The Morgan fingerprint density at radius 2 is 0.800 bits per heavy atom. The molecule has 0 fully saturated rings. The van der Waals surface area contributed by atoms with Gasteiger partial charge in [0.2, 0.25) is 0 Å². The Kier molecular flexibility index (Phi) is 25.1. The van der Waals surface area contributed by atoms with Crippen LogP contribution in [0.1, 0.15) is 124 Å². The van der Waals surface area contributed by atoms with Gasteiger partial charge in [-0.25, -0.2) is 0 Å². The topological polar surface area (TPSA) is 54.4 Å². The normalized spacial score (nSPS) is 11.4. The summed E-state index contributed by atoms with van der Waals surface area (Å²) in [4.78, 5) is 0. The van der Waals surface area contributed by atoms with Gasteiger partial charge in [0, 0.05) is 0 Å². The molecule has 0 bridgehead atoms. The summed E-state index contributed by atoms with van der Waals surface area (Å²) >= 11 is 0. The van der Waals surface area contributed by atoms with Gasteiger partial charge in [-0.1, -0.05) is 116 Å². The standard InChI is InChI=1S/C20H42O3S.K.H/c1-2-3-4-5-6-7-8-9-10-11-12-13-14-15-16-17-18-19-20-24(21,22)23;;/h2-20H2,1H3,(H,21,22,23);;/q;+1;-1. The quantitative estimate of drug-likeness (QED) is 0.202. The maximum atomic E-state index is 10.6. The molecule has 0 aliphatic rings. The predicted octanol–water partition coefficient (Wildman–Crippen LogP) is 4.03. The minimum Gasteiger partial charge on any atom is -1.00 e. The van der Waals surface area contributed by atoms with E-state index in [9.17, 15) is 8.42 Å². The Morgan fingerprint density at radius 3 is 1.04 bits per heavy atom. The smallest absolute Gasteiger partial charge is 1.00 e. The number of unbranched alkanes of at least 4 members (excludes halogenated alkanes) is 17. The summed E-state index contributed by atoms with van der Waals surface area (Å²) in [5.74, 6) is -0.0776. The van der Waals surface area contributed by atoms with Crippen LogP contribution in [-0.2, 0) is 10.1 Å². The summed E-state index contributed by atoms with van der Waals surface area (Å²) in [6, 6.07) is 0. The van der Waals surface area contributed by atoms with Crippen molar-refractivity contribution in [3.8, 4) is 0 Å². The minimum atomic E-state index is -3.75. The van der Waals surface area contributed by atoms with Crippen molar-refractivity contribution in [2.24, 2.45) is 0 Å². The van der Waals surface area contributed by atoms with Crippen LogP contribution in [0.4, 0.5) is 0 Å². The van der Waals surface area contributed by atoms with E-state index < -0.39 is 10.1 Å². The van der Waals surface area contributed by atoms with Crippen molar-refractivity contribution in [1.82, 2.24) is 0 Å². The molecule has 0 aromatic heterocycles. The Balaban J connectivity index is -0.00000264. The second-order valence-electron chi connectivity index (χ2n) is 7.30. The van der Waals surface area contributed by atoms with Crippen molar-refractivity contribution in [3.63, 3.8) is 0 Å². The molecule has 148 valence electrons. The molecule has 0 aromatic rings. The van der Waals surface area contributed by atoms with E-state index in [1.807, 2.05) is 0 Å². The van der Waals surface area contributed by atoms with Crippen LogP contribution >= 0.6 is 0 Å². The van der Waals surface area contributed by atoms with Crippen LogP contribution in [0.3, 0.4) is 0 Å². The van der Waals surface area contributed by atoms with Crippen molar-refractivity contribution in [2.45, 2.75) is 122 Å². The van der Waals surface area contributed by atoms with E-state index >= 15 is 0 Å². The molecule has 5 heteroatoms. The summed E-state index contributed by atoms with van der Waals surface area (Å²) < 4.78 is 29.7. The molecule has 0 aromatic carbocycles. The van der Waals surface area contributed by atoms with Crippen molar-refractivity contribution in [3.05, 3.63) is 0 Å². The number of hydrogen-bond donors (Lipinski definition) is 1. The van der Waals surface area contributed by atoms with E-state index in [0.717, 1.165) is 12.8 Å². The molecule has 0 rings (SSSR count). The van der Waals surface area contributed by atoms with Crippen molar-refractivity contribution < 1.29 is 65.8 Å². The zero-order chi connectivity index (χ0) is 17.9. The predicted molar refractivity (Wildman–Crippen MR) is 106 cm³/mol. The molecule has 0 heterocycles. The van der Waals surface area contributed by atoms with Gasteiger partial charge in [0.15, 0.2) is 0 Å². The fourth-order valence-electron chi connectivity index (χ4n) is 3.19. The molecule has 0 aliphatic carbocycles. The molecule has 0 saturated carbocycles. The van der Waals surface area contributed by atoms with Gasteiger partial charge in [0.1, 0.15) is 0 Å². The van der Waals surface area contributed by atoms with E-state index in [1.165, 1.54) is 96.3 Å². The van der Waals surface area contributed by atoms with E-state index in [4.69, 9.17) is 4.55 Å². The second-order valence-corrected chi connectivity index (χ2v) is 8.87. The minimum absolute atomic E-state index is 0. The van der Waals surface area contributed by atoms with Crippen LogP contribution < -0.4 is 51.4 Å². The summed E-state index contributed by atoms with van der Waals surface area (Å²) in [6.07, 6.45) is 23.2. The first kappa shape index (κ1) is 28.8. The molecule has 0 unspecified atom stereocenters. The molecule has 0 radical (unpaired) electrons. The van der Waals surface area contributed by atoms with Crippen molar-refractivity contribution >= 4 is 10.1 Å². The molecule has 1 N–H and O–H groups in total. The molecule has 0 aliphatic heterocycles. The van der Waals surface area contributed by atoms with Gasteiger partial charge >= 0.3 is 51.4 Å². The molecule has 0 atom stereocenters. The fraction of sp³-hybridized carbons (Fsp3) is 1.00. The van der Waals surface area contributed by atoms with E-state index in [2.05, 4.69) is 6.92 Å². The van der Waals surface area contributed by atoms with Gasteiger partial charge in [-0.15, -0.1) is 0 Å². The van der Waals surface area contributed by atoms with E-state index in [1.54, 1.807) is 0 Å². The van der Waals surface area contributed by atoms with Crippen LogP contribution in [0.5, 0.6) is 0 Å². The molecule has 25 heavy (non-hydrogen) atoms. The average Bonchev–Trinajstić information content (AvgIpc) is 2.52. The monoisotopic (exact) mass is 402 g/mol. The fourth-order valence-corrected chi connectivity index (χ4v) is 3.76. The van der Waals surface area contributed by atoms with Crippen LogP contribution in [0, 0.1) is 0 Å². The van der Waals surface area contributed by atoms with Gasteiger partial charge in [-0.2, -0.15) is 8.42 Å². The van der Waals surface area contributed by atoms with E-state index in [0.29, 0.717) is 6.42 Å². The Bertz CT molecular complexity index is 351. The van der Waals surface area contributed by atoms with Crippen LogP contribution in [-0.4, -0.2) is 18.7 Å². The first-order valence-corrected chi connectivity index (χ1v) is 12.1. The largest absolute Gasteiger partial charge is 1.00 e. The zero-order valence-corrected chi connectivity index (χ0v) is 21.0. The summed E-state index contributed by atoms with van der Waals surface area (Å²) in [5.41, 5.74) is 0. The third kappa shape index (κ3) is 27.9. The SMILES string of the molecule is CCCCCCCCCCCCCCCCCCCCS(=O)(=O)O.[H-].[K+]. The molecule has 0 amide bonds. The van der Waals surface area contributed by atoms with Gasteiger partial charge in [0.25, 0.3) is 10.1 Å². The summed E-state index contributed by atoms with van der Waals surface area (Å²) in [6.45, 7) is 2.27. The molecular weight excluding hydrogens is 359 g/mol. The molecule has 3 nitrogen and oxygen atoms in total. The third-order valence-electron chi connectivity index (χ3n) is 4.76. The first-order valence-electron chi connectivity index (χ1n) is 10.5. The summed E-state index contributed by atoms with van der Waals surface area (Å²) in [5, 5.41) is 0. The molecule has 0 saturated heterocycles. The van der Waals surface area contributed by atoms with Gasteiger partial charge in [0.05, 0.1) is 5.75 Å². The second kappa shape index (κ2) is 21.8. The zero-order valence-electron chi connectivity index (χ0n) is 18.1. The number of rotatable bonds is 19. The maximum Gasteiger partial charge on any atom is 1.00 e. The molecular formula is C20H43KO3S. The van der Waals surface area contributed by atoms with E-state index in [-0.39, 0.29) is 58.6 Å². The number of hydrogen-bond acceptors (Lipinski definition) is 2. The Labute approximate surface area is 202 Å².